The Morgan fingerprint density at radius 1 is 1.64 bits per heavy atom. The van der Waals surface area contributed by atoms with Gasteiger partial charge in [0, 0.05) is 19.6 Å². The molecule has 82 valence electrons. The molecule has 1 rings (SSSR count). The van der Waals surface area contributed by atoms with E-state index in [1.807, 2.05) is 7.05 Å². The molecule has 1 saturated heterocycles. The molecule has 1 aliphatic heterocycles. The third kappa shape index (κ3) is 2.96. The first kappa shape index (κ1) is 11.5. The van der Waals surface area contributed by atoms with E-state index in [4.69, 9.17) is 0 Å². The molecule has 1 unspecified atom stereocenters. The van der Waals surface area contributed by atoms with Crippen LogP contribution in [0.2, 0.25) is 0 Å². The van der Waals surface area contributed by atoms with Crippen LogP contribution < -0.4 is 10.6 Å². The molecule has 2 N–H and O–H groups in total. The molecular weight excluding hydrogens is 178 g/mol. The van der Waals surface area contributed by atoms with Crippen LogP contribution >= 0.6 is 0 Å². The van der Waals surface area contributed by atoms with Gasteiger partial charge in [-0.15, -0.1) is 0 Å². The van der Waals surface area contributed by atoms with Crippen LogP contribution in [0.25, 0.3) is 0 Å². The second kappa shape index (κ2) is 5.98. The first-order valence-corrected chi connectivity index (χ1v) is 5.46. The Morgan fingerprint density at radius 2 is 2.43 bits per heavy atom. The van der Waals surface area contributed by atoms with E-state index in [-0.39, 0.29) is 11.9 Å². The van der Waals surface area contributed by atoms with Gasteiger partial charge in [0.1, 0.15) is 6.04 Å². The monoisotopic (exact) mass is 199 g/mol. The van der Waals surface area contributed by atoms with Gasteiger partial charge in [0.15, 0.2) is 0 Å². The first-order chi connectivity index (χ1) is 6.79. The average Bonchev–Trinajstić information content (AvgIpc) is 2.33. The number of carbonyl (C=O) groups excluding carboxylic acids is 1. The summed E-state index contributed by atoms with van der Waals surface area (Å²) in [5, 5.41) is 6.03. The zero-order valence-electron chi connectivity index (χ0n) is 9.18. The van der Waals surface area contributed by atoms with Crippen molar-refractivity contribution in [3.8, 4) is 0 Å². The Hall–Kier alpha value is -0.610. The highest BCUT2D eigenvalue weighted by molar-refractivity contribution is 5.82. The van der Waals surface area contributed by atoms with Crippen LogP contribution in [-0.2, 0) is 4.79 Å². The maximum Gasteiger partial charge on any atom is 0.238 e. The van der Waals surface area contributed by atoms with Crippen molar-refractivity contribution in [2.75, 3.05) is 33.2 Å². The van der Waals surface area contributed by atoms with Gasteiger partial charge in [-0.2, -0.15) is 0 Å². The molecule has 0 bridgehead atoms. The summed E-state index contributed by atoms with van der Waals surface area (Å²) in [7, 11) is 1.89. The smallest absolute Gasteiger partial charge is 0.238 e. The van der Waals surface area contributed by atoms with Crippen molar-refractivity contribution in [1.29, 1.82) is 0 Å². The summed E-state index contributed by atoms with van der Waals surface area (Å²) in [5.74, 6) is 0.172. The summed E-state index contributed by atoms with van der Waals surface area (Å²) >= 11 is 0. The fourth-order valence-electron chi connectivity index (χ4n) is 1.90. The molecule has 14 heavy (non-hydrogen) atoms. The van der Waals surface area contributed by atoms with Gasteiger partial charge in [-0.1, -0.05) is 6.92 Å². The highest BCUT2D eigenvalue weighted by atomic mass is 16.2. The van der Waals surface area contributed by atoms with Crippen molar-refractivity contribution in [3.05, 3.63) is 0 Å². The van der Waals surface area contributed by atoms with Gasteiger partial charge in [0.25, 0.3) is 0 Å². The number of nitrogens with zero attached hydrogens (tertiary/aromatic N) is 1. The summed E-state index contributed by atoms with van der Waals surface area (Å²) in [6, 6.07) is 0.0162. The fraction of sp³-hybridized carbons (Fsp3) is 0.900. The Bertz CT molecular complexity index is 184. The molecule has 1 aliphatic rings. The number of rotatable bonds is 4. The molecule has 1 heterocycles. The van der Waals surface area contributed by atoms with E-state index in [2.05, 4.69) is 22.5 Å². The van der Waals surface area contributed by atoms with Gasteiger partial charge in [0.2, 0.25) is 5.91 Å². The van der Waals surface area contributed by atoms with E-state index in [1.165, 1.54) is 0 Å². The van der Waals surface area contributed by atoms with Crippen molar-refractivity contribution in [2.24, 2.45) is 0 Å². The minimum absolute atomic E-state index is 0.0162. The van der Waals surface area contributed by atoms with E-state index in [0.29, 0.717) is 0 Å². The Morgan fingerprint density at radius 3 is 3.07 bits per heavy atom. The van der Waals surface area contributed by atoms with Crippen LogP contribution in [0, 0.1) is 0 Å². The van der Waals surface area contributed by atoms with Gasteiger partial charge in [0.05, 0.1) is 0 Å². The van der Waals surface area contributed by atoms with E-state index < -0.39 is 0 Å². The lowest BCUT2D eigenvalue weighted by Gasteiger charge is -2.27. The molecule has 1 fully saturated rings. The zero-order chi connectivity index (χ0) is 10.4. The highest BCUT2D eigenvalue weighted by Gasteiger charge is 2.26. The lowest BCUT2D eigenvalue weighted by Crippen LogP contribution is -2.49. The number of carbonyl (C=O) groups is 1. The molecule has 1 amide bonds. The average molecular weight is 199 g/mol. The van der Waals surface area contributed by atoms with Crippen LogP contribution in [0.4, 0.5) is 0 Å². The molecule has 4 nitrogen and oxygen atoms in total. The van der Waals surface area contributed by atoms with Crippen molar-refractivity contribution in [1.82, 2.24) is 15.5 Å². The minimum atomic E-state index is 0.0162. The summed E-state index contributed by atoms with van der Waals surface area (Å²) < 4.78 is 0. The molecule has 0 aromatic heterocycles. The topological polar surface area (TPSA) is 44.4 Å². The van der Waals surface area contributed by atoms with Gasteiger partial charge in [-0.3, -0.25) is 9.69 Å². The van der Waals surface area contributed by atoms with Crippen molar-refractivity contribution >= 4 is 5.91 Å². The molecule has 0 aromatic carbocycles. The summed E-state index contributed by atoms with van der Waals surface area (Å²) in [5.41, 5.74) is 0. The number of amides is 1. The van der Waals surface area contributed by atoms with Gasteiger partial charge in [-0.05, 0) is 26.4 Å². The minimum Gasteiger partial charge on any atom is -0.355 e. The molecular formula is C10H21N3O. The zero-order valence-corrected chi connectivity index (χ0v) is 9.18. The molecule has 0 spiro atoms. The first-order valence-electron chi connectivity index (χ1n) is 5.46. The second-order valence-electron chi connectivity index (χ2n) is 3.75. The summed E-state index contributed by atoms with van der Waals surface area (Å²) in [6.07, 6.45) is 2.17. The number of nitrogens with one attached hydrogen (secondary N) is 2. The third-order valence-corrected chi connectivity index (χ3v) is 2.57. The van der Waals surface area contributed by atoms with E-state index in [1.54, 1.807) is 0 Å². The van der Waals surface area contributed by atoms with Crippen LogP contribution in [0.1, 0.15) is 19.8 Å². The Labute approximate surface area is 86.0 Å². The summed E-state index contributed by atoms with van der Waals surface area (Å²) in [6.45, 7) is 5.75. The van der Waals surface area contributed by atoms with E-state index >= 15 is 0 Å². The lowest BCUT2D eigenvalue weighted by molar-refractivity contribution is -0.125. The van der Waals surface area contributed by atoms with E-state index in [9.17, 15) is 4.79 Å². The quantitative estimate of drug-likeness (QED) is 0.659. The largest absolute Gasteiger partial charge is 0.355 e. The second-order valence-corrected chi connectivity index (χ2v) is 3.75. The lowest BCUT2D eigenvalue weighted by atomic mass is 10.2. The number of hydrogen-bond donors (Lipinski definition) is 2. The van der Waals surface area contributed by atoms with Crippen molar-refractivity contribution in [3.63, 3.8) is 0 Å². The predicted octanol–water partition coefficient (Wildman–Crippen LogP) is -0.194. The maximum absolute atomic E-state index is 11.7. The molecule has 0 aliphatic carbocycles. The molecule has 0 radical (unpaired) electrons. The van der Waals surface area contributed by atoms with Crippen LogP contribution in [0.5, 0.6) is 0 Å². The van der Waals surface area contributed by atoms with Crippen LogP contribution in [0.15, 0.2) is 0 Å². The molecule has 1 atom stereocenters. The predicted molar refractivity (Wildman–Crippen MR) is 57.2 cm³/mol. The molecule has 0 aromatic rings. The van der Waals surface area contributed by atoms with Crippen LogP contribution in [0.3, 0.4) is 0 Å². The molecule has 0 saturated carbocycles. The van der Waals surface area contributed by atoms with E-state index in [0.717, 1.165) is 39.0 Å². The highest BCUT2D eigenvalue weighted by Crippen LogP contribution is 2.05. The SMILES string of the molecule is CCCN1CCCNC(=O)C1CNC. The maximum atomic E-state index is 11.7. The van der Waals surface area contributed by atoms with Crippen LogP contribution in [-0.4, -0.2) is 50.1 Å². The normalized spacial score (nSPS) is 24.4. The van der Waals surface area contributed by atoms with Gasteiger partial charge < -0.3 is 10.6 Å². The standard InChI is InChI=1S/C10H21N3O/c1-3-6-13-7-4-5-12-10(14)9(13)8-11-2/h9,11H,3-8H2,1-2H3,(H,12,14). The fourth-order valence-corrected chi connectivity index (χ4v) is 1.90. The van der Waals surface area contributed by atoms with Crippen molar-refractivity contribution in [2.45, 2.75) is 25.8 Å². The summed E-state index contributed by atoms with van der Waals surface area (Å²) in [4.78, 5) is 14.0. The third-order valence-electron chi connectivity index (χ3n) is 2.57. The Kier molecular flexibility index (Phi) is 4.90. The van der Waals surface area contributed by atoms with Gasteiger partial charge >= 0.3 is 0 Å². The van der Waals surface area contributed by atoms with Crippen molar-refractivity contribution < 1.29 is 4.79 Å². The number of likely N-dealkylation sites (N-methyl/N-ethyl adjacent to an activating group) is 1. The molecule has 4 heteroatoms. The number of hydrogen-bond acceptors (Lipinski definition) is 3. The van der Waals surface area contributed by atoms with Gasteiger partial charge in [-0.25, -0.2) is 0 Å². The Balaban J connectivity index is 2.60.